The third-order valence-electron chi connectivity index (χ3n) is 3.46. The van der Waals surface area contributed by atoms with Gasteiger partial charge in [-0.3, -0.25) is 4.79 Å². The van der Waals surface area contributed by atoms with Gasteiger partial charge in [0.05, 0.1) is 6.54 Å². The second-order valence-electron chi connectivity index (χ2n) is 5.08. The minimum absolute atomic E-state index is 0.218. The number of aliphatic hydroxyl groups is 1. The number of aliphatic hydroxyl groups excluding tert-OH is 1. The molecule has 1 aromatic carbocycles. The molecule has 1 aliphatic rings. The van der Waals surface area contributed by atoms with Crippen molar-refractivity contribution in [1.82, 2.24) is 9.88 Å². The molecule has 1 amide bonds. The first kappa shape index (κ1) is 14.5. The van der Waals surface area contributed by atoms with Crippen LogP contribution in [0, 0.1) is 0 Å². The Morgan fingerprint density at radius 3 is 2.95 bits per heavy atom. The van der Waals surface area contributed by atoms with E-state index < -0.39 is 6.10 Å². The summed E-state index contributed by atoms with van der Waals surface area (Å²) in [6.07, 6.45) is 2.52. The van der Waals surface area contributed by atoms with Crippen LogP contribution in [0.2, 0.25) is 5.02 Å². The molecule has 21 heavy (non-hydrogen) atoms. The molecule has 1 N–H and O–H groups in total. The summed E-state index contributed by atoms with van der Waals surface area (Å²) in [6.45, 7) is 0.457. The summed E-state index contributed by atoms with van der Waals surface area (Å²) in [5, 5.41) is 13.6. The van der Waals surface area contributed by atoms with Gasteiger partial charge >= 0.3 is 0 Å². The van der Waals surface area contributed by atoms with Crippen LogP contribution in [0.1, 0.15) is 29.5 Å². The molecule has 0 spiro atoms. The summed E-state index contributed by atoms with van der Waals surface area (Å²) >= 11 is 7.43. The van der Waals surface area contributed by atoms with E-state index in [-0.39, 0.29) is 11.9 Å². The van der Waals surface area contributed by atoms with Crippen molar-refractivity contribution in [1.29, 1.82) is 0 Å². The summed E-state index contributed by atoms with van der Waals surface area (Å²) in [7, 11) is 0. The molecule has 0 aliphatic heterocycles. The Morgan fingerprint density at radius 2 is 2.33 bits per heavy atom. The van der Waals surface area contributed by atoms with Gasteiger partial charge in [0.2, 0.25) is 0 Å². The zero-order chi connectivity index (χ0) is 14.8. The monoisotopic (exact) mass is 322 g/mol. The number of rotatable bonds is 5. The maximum absolute atomic E-state index is 12.6. The molecular formula is C15H15ClN2O2S. The van der Waals surface area contributed by atoms with Crippen molar-refractivity contribution in [2.24, 2.45) is 0 Å². The van der Waals surface area contributed by atoms with Crippen molar-refractivity contribution >= 4 is 28.8 Å². The van der Waals surface area contributed by atoms with Gasteiger partial charge in [-0.2, -0.15) is 0 Å². The number of nitrogens with zero attached hydrogens (tertiary/aromatic N) is 2. The molecular weight excluding hydrogens is 308 g/mol. The highest BCUT2D eigenvalue weighted by Gasteiger charge is 2.36. The lowest BCUT2D eigenvalue weighted by Crippen LogP contribution is -2.36. The number of amides is 1. The molecule has 0 unspecified atom stereocenters. The van der Waals surface area contributed by atoms with Crippen LogP contribution in [0.4, 0.5) is 0 Å². The zero-order valence-corrected chi connectivity index (χ0v) is 12.8. The van der Waals surface area contributed by atoms with Crippen LogP contribution < -0.4 is 0 Å². The molecule has 1 heterocycles. The number of hydrogen-bond donors (Lipinski definition) is 1. The van der Waals surface area contributed by atoms with Gasteiger partial charge in [-0.05, 0) is 30.5 Å². The number of halogens is 1. The van der Waals surface area contributed by atoms with Gasteiger partial charge < -0.3 is 10.0 Å². The van der Waals surface area contributed by atoms with Crippen molar-refractivity contribution in [2.75, 3.05) is 0 Å². The highest BCUT2D eigenvalue weighted by molar-refractivity contribution is 7.09. The summed E-state index contributed by atoms with van der Waals surface area (Å²) in [6, 6.07) is 7.00. The SMILES string of the molecule is O=C([C@H](O)c1cccc(Cl)c1)N(Cc1nccs1)C1CC1. The molecule has 6 heteroatoms. The molecule has 1 atom stereocenters. The van der Waals surface area contributed by atoms with Gasteiger partial charge in [-0.1, -0.05) is 23.7 Å². The van der Waals surface area contributed by atoms with E-state index in [4.69, 9.17) is 11.6 Å². The number of carbonyl (C=O) groups excluding carboxylic acids is 1. The van der Waals surface area contributed by atoms with Crippen LogP contribution in [-0.4, -0.2) is 26.9 Å². The Labute approximate surface area is 132 Å². The summed E-state index contributed by atoms with van der Waals surface area (Å²) in [5.41, 5.74) is 0.525. The van der Waals surface area contributed by atoms with Crippen molar-refractivity contribution < 1.29 is 9.90 Å². The predicted molar refractivity (Wildman–Crippen MR) is 82.1 cm³/mol. The minimum atomic E-state index is -1.18. The fourth-order valence-corrected chi connectivity index (χ4v) is 3.04. The number of carbonyl (C=O) groups is 1. The van der Waals surface area contributed by atoms with Crippen LogP contribution in [0.5, 0.6) is 0 Å². The number of hydrogen-bond acceptors (Lipinski definition) is 4. The fraction of sp³-hybridized carbons (Fsp3) is 0.333. The molecule has 110 valence electrons. The average molecular weight is 323 g/mol. The van der Waals surface area contributed by atoms with E-state index in [1.54, 1.807) is 35.4 Å². The average Bonchev–Trinajstić information content (AvgIpc) is 3.20. The third-order valence-corrected chi connectivity index (χ3v) is 4.46. The largest absolute Gasteiger partial charge is 0.378 e. The van der Waals surface area contributed by atoms with Crippen molar-refractivity contribution in [3.05, 3.63) is 51.4 Å². The summed E-state index contributed by atoms with van der Waals surface area (Å²) in [4.78, 5) is 18.5. The number of aromatic nitrogens is 1. The molecule has 4 nitrogen and oxygen atoms in total. The molecule has 1 aliphatic carbocycles. The van der Waals surface area contributed by atoms with Crippen LogP contribution in [0.25, 0.3) is 0 Å². The highest BCUT2D eigenvalue weighted by atomic mass is 35.5. The van der Waals surface area contributed by atoms with Crippen molar-refractivity contribution in [3.63, 3.8) is 0 Å². The van der Waals surface area contributed by atoms with E-state index in [0.29, 0.717) is 17.1 Å². The molecule has 0 bridgehead atoms. The Kier molecular flexibility index (Phi) is 4.24. The first-order valence-corrected chi connectivity index (χ1v) is 8.03. The quantitative estimate of drug-likeness (QED) is 0.920. The van der Waals surface area contributed by atoms with Crippen LogP contribution >= 0.6 is 22.9 Å². The Hall–Kier alpha value is -1.43. The maximum Gasteiger partial charge on any atom is 0.256 e. The Balaban J connectivity index is 1.77. The Bertz CT molecular complexity index is 628. The smallest absolute Gasteiger partial charge is 0.256 e. The van der Waals surface area contributed by atoms with E-state index in [1.807, 2.05) is 5.38 Å². The number of benzene rings is 1. The fourth-order valence-electron chi connectivity index (χ4n) is 2.23. The molecule has 1 aromatic heterocycles. The van der Waals surface area contributed by atoms with Gasteiger partial charge in [-0.25, -0.2) is 4.98 Å². The summed E-state index contributed by atoms with van der Waals surface area (Å²) < 4.78 is 0. The molecule has 0 saturated heterocycles. The van der Waals surface area contributed by atoms with E-state index >= 15 is 0 Å². The summed E-state index contributed by atoms with van der Waals surface area (Å²) in [5.74, 6) is -0.282. The zero-order valence-electron chi connectivity index (χ0n) is 11.3. The van der Waals surface area contributed by atoms with Gasteiger partial charge in [0.1, 0.15) is 5.01 Å². The number of thiazole rings is 1. The van der Waals surface area contributed by atoms with Gasteiger partial charge in [0, 0.05) is 22.6 Å². The topological polar surface area (TPSA) is 53.4 Å². The van der Waals surface area contributed by atoms with Crippen LogP contribution in [0.3, 0.4) is 0 Å². The van der Waals surface area contributed by atoms with Gasteiger partial charge in [0.15, 0.2) is 6.10 Å². The molecule has 2 aromatic rings. The first-order chi connectivity index (χ1) is 10.1. The first-order valence-electron chi connectivity index (χ1n) is 6.77. The van der Waals surface area contributed by atoms with Gasteiger partial charge in [0.25, 0.3) is 5.91 Å². The Morgan fingerprint density at radius 1 is 1.52 bits per heavy atom. The molecule has 1 fully saturated rings. The van der Waals surface area contributed by atoms with Crippen LogP contribution in [0.15, 0.2) is 35.8 Å². The lowest BCUT2D eigenvalue weighted by atomic mass is 10.1. The van der Waals surface area contributed by atoms with E-state index in [2.05, 4.69) is 4.98 Å². The molecule has 0 radical (unpaired) electrons. The molecule has 3 rings (SSSR count). The van der Waals surface area contributed by atoms with Crippen LogP contribution in [-0.2, 0) is 11.3 Å². The third kappa shape index (κ3) is 3.43. The van der Waals surface area contributed by atoms with E-state index in [9.17, 15) is 9.90 Å². The van der Waals surface area contributed by atoms with E-state index in [0.717, 1.165) is 17.8 Å². The predicted octanol–water partition coefficient (Wildman–Crippen LogP) is 3.02. The second kappa shape index (κ2) is 6.13. The maximum atomic E-state index is 12.6. The van der Waals surface area contributed by atoms with Crippen molar-refractivity contribution in [2.45, 2.75) is 31.5 Å². The van der Waals surface area contributed by atoms with Gasteiger partial charge in [-0.15, -0.1) is 11.3 Å². The lowest BCUT2D eigenvalue weighted by Gasteiger charge is -2.24. The van der Waals surface area contributed by atoms with E-state index in [1.165, 1.54) is 11.3 Å². The van der Waals surface area contributed by atoms with Crippen molar-refractivity contribution in [3.8, 4) is 0 Å². The standard InChI is InChI=1S/C15H15ClN2O2S/c16-11-3-1-2-10(8-11)14(19)15(20)18(12-4-5-12)9-13-17-6-7-21-13/h1-3,6-8,12,14,19H,4-5,9H2/t14-/m1/s1. The normalized spacial score (nSPS) is 15.7. The lowest BCUT2D eigenvalue weighted by molar-refractivity contribution is -0.141. The second-order valence-corrected chi connectivity index (χ2v) is 6.50. The highest BCUT2D eigenvalue weighted by Crippen LogP contribution is 2.31. The minimum Gasteiger partial charge on any atom is -0.378 e. The molecule has 1 saturated carbocycles.